The first-order chi connectivity index (χ1) is 14.2. The van der Waals surface area contributed by atoms with Crippen LogP contribution in [-0.4, -0.2) is 32.7 Å². The van der Waals surface area contributed by atoms with Gasteiger partial charge in [0.15, 0.2) is 0 Å². The van der Waals surface area contributed by atoms with E-state index in [2.05, 4.69) is 27.4 Å². The fourth-order valence-electron chi connectivity index (χ4n) is 3.76. The highest BCUT2D eigenvalue weighted by Crippen LogP contribution is 2.27. The van der Waals surface area contributed by atoms with Crippen LogP contribution in [0.15, 0.2) is 59.4 Å². The summed E-state index contributed by atoms with van der Waals surface area (Å²) in [5.74, 6) is 1.40. The minimum Gasteiger partial charge on any atom is -0.490 e. The van der Waals surface area contributed by atoms with E-state index in [0.29, 0.717) is 24.6 Å². The molecule has 0 unspecified atom stereocenters. The van der Waals surface area contributed by atoms with Crippen molar-refractivity contribution in [2.75, 3.05) is 11.9 Å². The summed E-state index contributed by atoms with van der Waals surface area (Å²) >= 11 is 0. The first kappa shape index (κ1) is 17.7. The zero-order valence-electron chi connectivity index (χ0n) is 16.4. The summed E-state index contributed by atoms with van der Waals surface area (Å²) in [6, 6.07) is 12.4. The number of hydrogen-bond acceptors (Lipinski definition) is 6. The zero-order valence-corrected chi connectivity index (χ0v) is 16.4. The molecular formula is C22H23N5O2. The van der Waals surface area contributed by atoms with Crippen molar-refractivity contribution >= 4 is 11.7 Å². The second-order valence-corrected chi connectivity index (χ2v) is 7.52. The summed E-state index contributed by atoms with van der Waals surface area (Å²) in [6.07, 6.45) is 10.9. The smallest absolute Gasteiger partial charge is 0.318 e. The molecule has 0 radical (unpaired) electrons. The second kappa shape index (κ2) is 7.58. The maximum absolute atomic E-state index is 6.02. The Morgan fingerprint density at radius 2 is 1.93 bits per heavy atom. The van der Waals surface area contributed by atoms with Gasteiger partial charge >= 0.3 is 6.01 Å². The molecule has 3 aromatic heterocycles. The van der Waals surface area contributed by atoms with E-state index in [1.807, 2.05) is 52.9 Å². The van der Waals surface area contributed by atoms with Crippen LogP contribution in [0.2, 0.25) is 0 Å². The van der Waals surface area contributed by atoms with E-state index in [0.717, 1.165) is 35.4 Å². The van der Waals surface area contributed by atoms with E-state index in [4.69, 9.17) is 9.15 Å². The van der Waals surface area contributed by atoms with Crippen molar-refractivity contribution in [2.45, 2.75) is 38.3 Å². The fraction of sp³-hybridized carbons (Fsp3) is 0.318. The van der Waals surface area contributed by atoms with Crippen molar-refractivity contribution in [1.82, 2.24) is 19.6 Å². The van der Waals surface area contributed by atoms with E-state index >= 15 is 0 Å². The number of aromatic nitrogens is 4. The summed E-state index contributed by atoms with van der Waals surface area (Å²) in [5.41, 5.74) is 2.94. The molecule has 0 aliphatic heterocycles. The van der Waals surface area contributed by atoms with Crippen LogP contribution in [0.4, 0.5) is 6.01 Å². The Bertz CT molecular complexity index is 1100. The van der Waals surface area contributed by atoms with Gasteiger partial charge in [0.2, 0.25) is 5.89 Å². The van der Waals surface area contributed by atoms with E-state index < -0.39 is 0 Å². The van der Waals surface area contributed by atoms with Crippen molar-refractivity contribution in [1.29, 1.82) is 0 Å². The minimum absolute atomic E-state index is 0.353. The number of nitrogens with zero attached hydrogens (tertiary/aromatic N) is 5. The number of benzene rings is 1. The van der Waals surface area contributed by atoms with E-state index in [1.165, 1.54) is 12.8 Å². The minimum atomic E-state index is 0.353. The Kier molecular flexibility index (Phi) is 4.63. The van der Waals surface area contributed by atoms with E-state index in [-0.39, 0.29) is 0 Å². The van der Waals surface area contributed by atoms with Crippen molar-refractivity contribution < 1.29 is 9.15 Å². The molecular weight excluding hydrogens is 366 g/mol. The van der Waals surface area contributed by atoms with Gasteiger partial charge in [-0.1, -0.05) is 11.2 Å². The summed E-state index contributed by atoms with van der Waals surface area (Å²) in [6.45, 7) is 0.657. The summed E-state index contributed by atoms with van der Waals surface area (Å²) < 4.78 is 13.9. The Morgan fingerprint density at radius 3 is 2.76 bits per heavy atom. The average Bonchev–Trinajstić information content (AvgIpc) is 3.50. The molecule has 0 amide bonds. The molecule has 5 rings (SSSR count). The monoisotopic (exact) mass is 389 g/mol. The van der Waals surface area contributed by atoms with Crippen LogP contribution >= 0.6 is 0 Å². The van der Waals surface area contributed by atoms with Crippen LogP contribution < -0.4 is 9.64 Å². The number of hydrogen-bond donors (Lipinski definition) is 0. The molecule has 7 nitrogen and oxygen atoms in total. The quantitative estimate of drug-likeness (QED) is 0.489. The maximum atomic E-state index is 6.02. The normalized spacial score (nSPS) is 14.5. The van der Waals surface area contributed by atoms with Gasteiger partial charge in [0.1, 0.15) is 11.4 Å². The topological polar surface area (TPSA) is 68.7 Å². The average molecular weight is 389 g/mol. The zero-order chi connectivity index (χ0) is 19.6. The van der Waals surface area contributed by atoms with Gasteiger partial charge in [-0.2, -0.15) is 0 Å². The summed E-state index contributed by atoms with van der Waals surface area (Å²) in [4.78, 5) is 6.20. The van der Waals surface area contributed by atoms with Gasteiger partial charge in [0.25, 0.3) is 0 Å². The molecule has 1 aliphatic carbocycles. The third kappa shape index (κ3) is 3.81. The molecule has 1 aromatic carbocycles. The number of ether oxygens (including phenoxy) is 1. The van der Waals surface area contributed by atoms with Crippen LogP contribution in [0.3, 0.4) is 0 Å². The molecule has 4 aromatic rings. The highest BCUT2D eigenvalue weighted by Gasteiger charge is 2.17. The van der Waals surface area contributed by atoms with Crippen LogP contribution in [0.5, 0.6) is 5.75 Å². The van der Waals surface area contributed by atoms with Gasteiger partial charge in [0.05, 0.1) is 6.10 Å². The Hall–Kier alpha value is -3.35. The molecule has 29 heavy (non-hydrogen) atoms. The van der Waals surface area contributed by atoms with Gasteiger partial charge in [-0.3, -0.25) is 0 Å². The second-order valence-electron chi connectivity index (χ2n) is 7.52. The SMILES string of the molecule is CN(Cc1ccc2nccn2c1)c1nnc(-c2ccc(OC3CCCC3)cc2)o1. The fourth-order valence-corrected chi connectivity index (χ4v) is 3.76. The Labute approximate surface area is 169 Å². The van der Waals surface area contributed by atoms with Crippen LogP contribution in [0.25, 0.3) is 17.1 Å². The predicted octanol–water partition coefficient (Wildman–Crippen LogP) is 4.34. The largest absolute Gasteiger partial charge is 0.490 e. The number of pyridine rings is 1. The standard InChI is InChI=1S/C22H23N5O2/c1-26(14-16-6-11-20-23-12-13-27(20)15-16)22-25-24-21(29-22)17-7-9-19(10-8-17)28-18-4-2-3-5-18/h6-13,15,18H,2-5,14H2,1H3. The third-order valence-corrected chi connectivity index (χ3v) is 5.32. The molecule has 1 fully saturated rings. The van der Waals surface area contributed by atoms with Crippen molar-refractivity contribution in [3.05, 3.63) is 60.6 Å². The highest BCUT2D eigenvalue weighted by atomic mass is 16.5. The lowest BCUT2D eigenvalue weighted by Crippen LogP contribution is -2.17. The molecule has 0 saturated heterocycles. The number of imidazole rings is 1. The maximum Gasteiger partial charge on any atom is 0.318 e. The Morgan fingerprint density at radius 1 is 1.10 bits per heavy atom. The predicted molar refractivity (Wildman–Crippen MR) is 110 cm³/mol. The molecule has 0 bridgehead atoms. The molecule has 3 heterocycles. The van der Waals surface area contributed by atoms with E-state index in [1.54, 1.807) is 6.20 Å². The lowest BCUT2D eigenvalue weighted by atomic mass is 10.2. The van der Waals surface area contributed by atoms with Crippen molar-refractivity contribution in [2.24, 2.45) is 0 Å². The van der Waals surface area contributed by atoms with Crippen molar-refractivity contribution in [3.63, 3.8) is 0 Å². The number of anilines is 1. The molecule has 7 heteroatoms. The molecule has 148 valence electrons. The van der Waals surface area contributed by atoms with Crippen molar-refractivity contribution in [3.8, 4) is 17.2 Å². The number of rotatable bonds is 6. The van der Waals surface area contributed by atoms with Gasteiger partial charge in [0, 0.05) is 37.7 Å². The summed E-state index contributed by atoms with van der Waals surface area (Å²) in [5, 5.41) is 8.41. The molecule has 0 spiro atoms. The Balaban J connectivity index is 1.26. The first-order valence-corrected chi connectivity index (χ1v) is 9.98. The van der Waals surface area contributed by atoms with Gasteiger partial charge in [-0.25, -0.2) is 4.98 Å². The summed E-state index contributed by atoms with van der Waals surface area (Å²) in [7, 11) is 1.94. The molecule has 1 aliphatic rings. The molecule has 0 N–H and O–H groups in total. The van der Waals surface area contributed by atoms with E-state index in [9.17, 15) is 0 Å². The van der Waals surface area contributed by atoms with Gasteiger partial charge in [-0.05, 0) is 61.6 Å². The first-order valence-electron chi connectivity index (χ1n) is 9.98. The molecule has 1 saturated carbocycles. The lowest BCUT2D eigenvalue weighted by molar-refractivity contribution is 0.210. The lowest BCUT2D eigenvalue weighted by Gasteiger charge is -2.14. The van der Waals surface area contributed by atoms with Crippen LogP contribution in [-0.2, 0) is 6.54 Å². The van der Waals surface area contributed by atoms with Gasteiger partial charge in [-0.15, -0.1) is 5.10 Å². The highest BCUT2D eigenvalue weighted by molar-refractivity contribution is 5.55. The van der Waals surface area contributed by atoms with Gasteiger partial charge < -0.3 is 18.5 Å². The molecule has 0 atom stereocenters. The van der Waals surface area contributed by atoms with Crippen LogP contribution in [0, 0.1) is 0 Å². The third-order valence-electron chi connectivity index (χ3n) is 5.32. The van der Waals surface area contributed by atoms with Crippen LogP contribution in [0.1, 0.15) is 31.2 Å². The number of fused-ring (bicyclic) bond motifs is 1.